The molecule has 0 saturated heterocycles. The summed E-state index contributed by atoms with van der Waals surface area (Å²) in [7, 11) is 0. The van der Waals surface area contributed by atoms with Crippen molar-refractivity contribution in [3.8, 4) is 0 Å². The zero-order valence-corrected chi connectivity index (χ0v) is 11.0. The SMILES string of the molecule is CCCN(CCCN)Cc1cn2ccccc2n1. The quantitative estimate of drug-likeness (QED) is 0.811. The molecule has 0 amide bonds. The van der Waals surface area contributed by atoms with Gasteiger partial charge in [0, 0.05) is 18.9 Å². The Morgan fingerprint density at radius 2 is 2.22 bits per heavy atom. The van der Waals surface area contributed by atoms with E-state index in [9.17, 15) is 0 Å². The van der Waals surface area contributed by atoms with Crippen molar-refractivity contribution in [2.24, 2.45) is 5.73 Å². The summed E-state index contributed by atoms with van der Waals surface area (Å²) >= 11 is 0. The van der Waals surface area contributed by atoms with E-state index in [4.69, 9.17) is 5.73 Å². The van der Waals surface area contributed by atoms with Crippen LogP contribution < -0.4 is 5.73 Å². The van der Waals surface area contributed by atoms with Crippen molar-refractivity contribution in [2.45, 2.75) is 26.3 Å². The minimum atomic E-state index is 0.755. The molecule has 0 aliphatic rings. The van der Waals surface area contributed by atoms with E-state index in [1.165, 1.54) is 0 Å². The summed E-state index contributed by atoms with van der Waals surface area (Å²) in [5, 5.41) is 0. The number of nitrogens with two attached hydrogens (primary N) is 1. The first-order chi connectivity index (χ1) is 8.83. The molecule has 2 heterocycles. The molecule has 4 heteroatoms. The lowest BCUT2D eigenvalue weighted by Crippen LogP contribution is -2.26. The summed E-state index contributed by atoms with van der Waals surface area (Å²) in [5.74, 6) is 0. The van der Waals surface area contributed by atoms with Gasteiger partial charge in [0.2, 0.25) is 0 Å². The molecular weight excluding hydrogens is 224 g/mol. The normalized spacial score (nSPS) is 11.5. The molecule has 2 aromatic heterocycles. The van der Waals surface area contributed by atoms with Gasteiger partial charge in [0.05, 0.1) is 5.69 Å². The van der Waals surface area contributed by atoms with E-state index >= 15 is 0 Å². The van der Waals surface area contributed by atoms with E-state index in [0.717, 1.165) is 50.4 Å². The van der Waals surface area contributed by atoms with Crippen molar-refractivity contribution in [3.63, 3.8) is 0 Å². The van der Waals surface area contributed by atoms with Crippen LogP contribution in [0.1, 0.15) is 25.5 Å². The molecule has 0 atom stereocenters. The van der Waals surface area contributed by atoms with Gasteiger partial charge in [-0.3, -0.25) is 4.90 Å². The molecule has 0 aliphatic heterocycles. The lowest BCUT2D eigenvalue weighted by atomic mass is 10.3. The Kier molecular flexibility index (Phi) is 4.73. The Balaban J connectivity index is 2.05. The zero-order chi connectivity index (χ0) is 12.8. The Hall–Kier alpha value is -1.39. The third-order valence-electron chi connectivity index (χ3n) is 3.02. The van der Waals surface area contributed by atoms with Gasteiger partial charge < -0.3 is 10.1 Å². The summed E-state index contributed by atoms with van der Waals surface area (Å²) in [5.41, 5.74) is 7.73. The molecule has 0 aliphatic carbocycles. The second kappa shape index (κ2) is 6.52. The standard InChI is InChI=1S/C14H22N4/c1-2-8-17(9-5-7-15)11-13-12-18-10-4-3-6-14(18)16-13/h3-4,6,10,12H,2,5,7-9,11,15H2,1H3. The molecule has 2 rings (SSSR count). The van der Waals surface area contributed by atoms with Crippen molar-refractivity contribution in [2.75, 3.05) is 19.6 Å². The average molecular weight is 246 g/mol. The fraction of sp³-hybridized carbons (Fsp3) is 0.500. The van der Waals surface area contributed by atoms with Crippen LogP contribution in [0.2, 0.25) is 0 Å². The van der Waals surface area contributed by atoms with Crippen LogP contribution in [-0.4, -0.2) is 33.9 Å². The first kappa shape index (κ1) is 13.1. The first-order valence-electron chi connectivity index (χ1n) is 6.68. The van der Waals surface area contributed by atoms with Gasteiger partial charge in [0.25, 0.3) is 0 Å². The van der Waals surface area contributed by atoms with E-state index in [0.29, 0.717) is 0 Å². The van der Waals surface area contributed by atoms with Crippen LogP contribution in [0.25, 0.3) is 5.65 Å². The highest BCUT2D eigenvalue weighted by molar-refractivity contribution is 5.39. The van der Waals surface area contributed by atoms with Gasteiger partial charge in [-0.2, -0.15) is 0 Å². The highest BCUT2D eigenvalue weighted by atomic mass is 15.1. The van der Waals surface area contributed by atoms with Crippen molar-refractivity contribution in [1.82, 2.24) is 14.3 Å². The summed E-state index contributed by atoms with van der Waals surface area (Å²) in [6.07, 6.45) is 6.36. The van der Waals surface area contributed by atoms with Crippen LogP contribution in [0, 0.1) is 0 Å². The molecule has 0 spiro atoms. The number of hydrogen-bond donors (Lipinski definition) is 1. The number of nitrogens with zero attached hydrogens (tertiary/aromatic N) is 3. The van der Waals surface area contributed by atoms with Gasteiger partial charge in [0.15, 0.2) is 0 Å². The van der Waals surface area contributed by atoms with Gasteiger partial charge in [-0.1, -0.05) is 13.0 Å². The molecule has 0 aromatic carbocycles. The molecule has 0 unspecified atom stereocenters. The van der Waals surface area contributed by atoms with E-state index < -0.39 is 0 Å². The number of hydrogen-bond acceptors (Lipinski definition) is 3. The summed E-state index contributed by atoms with van der Waals surface area (Å²) in [6.45, 7) is 6.03. The first-order valence-corrected chi connectivity index (χ1v) is 6.68. The number of rotatable bonds is 7. The topological polar surface area (TPSA) is 46.6 Å². The van der Waals surface area contributed by atoms with Crippen LogP contribution in [0.15, 0.2) is 30.6 Å². The lowest BCUT2D eigenvalue weighted by Gasteiger charge is -2.19. The molecule has 4 nitrogen and oxygen atoms in total. The molecule has 2 N–H and O–H groups in total. The number of imidazole rings is 1. The predicted octanol–water partition coefficient (Wildman–Crippen LogP) is 1.90. The minimum Gasteiger partial charge on any atom is -0.330 e. The second-order valence-corrected chi connectivity index (χ2v) is 4.62. The van der Waals surface area contributed by atoms with Gasteiger partial charge in [-0.05, 0) is 44.6 Å². The summed E-state index contributed by atoms with van der Waals surface area (Å²) in [4.78, 5) is 7.06. The van der Waals surface area contributed by atoms with Crippen LogP contribution in [0.5, 0.6) is 0 Å². The van der Waals surface area contributed by atoms with Gasteiger partial charge in [-0.25, -0.2) is 4.98 Å². The molecule has 18 heavy (non-hydrogen) atoms. The number of aromatic nitrogens is 2. The third-order valence-corrected chi connectivity index (χ3v) is 3.02. The van der Waals surface area contributed by atoms with Crippen LogP contribution in [0.3, 0.4) is 0 Å². The lowest BCUT2D eigenvalue weighted by molar-refractivity contribution is 0.261. The monoisotopic (exact) mass is 246 g/mol. The summed E-state index contributed by atoms with van der Waals surface area (Å²) < 4.78 is 2.07. The number of pyridine rings is 1. The summed E-state index contributed by atoms with van der Waals surface area (Å²) in [6, 6.07) is 6.08. The maximum atomic E-state index is 5.58. The fourth-order valence-corrected chi connectivity index (χ4v) is 2.19. The fourth-order valence-electron chi connectivity index (χ4n) is 2.19. The molecule has 98 valence electrons. The minimum absolute atomic E-state index is 0.755. The van der Waals surface area contributed by atoms with E-state index in [1.54, 1.807) is 0 Å². The predicted molar refractivity (Wildman–Crippen MR) is 74.4 cm³/mol. The van der Waals surface area contributed by atoms with Crippen molar-refractivity contribution >= 4 is 5.65 Å². The Morgan fingerprint density at radius 1 is 1.33 bits per heavy atom. The largest absolute Gasteiger partial charge is 0.330 e. The highest BCUT2D eigenvalue weighted by Gasteiger charge is 2.07. The Labute approximate surface area is 108 Å². The maximum absolute atomic E-state index is 5.58. The zero-order valence-electron chi connectivity index (χ0n) is 11.0. The van der Waals surface area contributed by atoms with Crippen molar-refractivity contribution in [3.05, 3.63) is 36.3 Å². The maximum Gasteiger partial charge on any atom is 0.137 e. The van der Waals surface area contributed by atoms with Crippen LogP contribution in [-0.2, 0) is 6.54 Å². The van der Waals surface area contributed by atoms with Gasteiger partial charge in [0.1, 0.15) is 5.65 Å². The highest BCUT2D eigenvalue weighted by Crippen LogP contribution is 2.08. The third kappa shape index (κ3) is 3.31. The van der Waals surface area contributed by atoms with E-state index in [2.05, 4.69) is 27.4 Å². The van der Waals surface area contributed by atoms with Crippen LogP contribution in [0.4, 0.5) is 0 Å². The Bertz CT molecular complexity index is 444. The smallest absolute Gasteiger partial charge is 0.137 e. The molecular formula is C14H22N4. The molecule has 0 bridgehead atoms. The van der Waals surface area contributed by atoms with E-state index in [1.807, 2.05) is 24.4 Å². The second-order valence-electron chi connectivity index (χ2n) is 4.62. The van der Waals surface area contributed by atoms with Crippen LogP contribution >= 0.6 is 0 Å². The van der Waals surface area contributed by atoms with Crippen molar-refractivity contribution in [1.29, 1.82) is 0 Å². The van der Waals surface area contributed by atoms with Gasteiger partial charge >= 0.3 is 0 Å². The molecule has 0 radical (unpaired) electrons. The molecule has 0 fully saturated rings. The Morgan fingerprint density at radius 3 is 2.94 bits per heavy atom. The average Bonchev–Trinajstić information content (AvgIpc) is 2.78. The van der Waals surface area contributed by atoms with E-state index in [-0.39, 0.29) is 0 Å². The number of fused-ring (bicyclic) bond motifs is 1. The molecule has 2 aromatic rings. The van der Waals surface area contributed by atoms with Gasteiger partial charge in [-0.15, -0.1) is 0 Å². The van der Waals surface area contributed by atoms with Crippen molar-refractivity contribution < 1.29 is 0 Å². The molecule has 0 saturated carbocycles.